The number of benzene rings is 1. The van der Waals surface area contributed by atoms with Gasteiger partial charge in [0.25, 0.3) is 0 Å². The van der Waals surface area contributed by atoms with Crippen molar-refractivity contribution in [2.75, 3.05) is 0 Å². The van der Waals surface area contributed by atoms with Crippen molar-refractivity contribution in [1.82, 2.24) is 0 Å². The van der Waals surface area contributed by atoms with Crippen LogP contribution in [0.25, 0.3) is 0 Å². The summed E-state index contributed by atoms with van der Waals surface area (Å²) in [5.41, 5.74) is 2.19. The molecule has 0 heterocycles. The number of esters is 1. The molecule has 0 amide bonds. The van der Waals surface area contributed by atoms with Crippen LogP contribution in [-0.2, 0) is 16.0 Å². The molecule has 1 aliphatic rings. The van der Waals surface area contributed by atoms with Crippen molar-refractivity contribution in [1.29, 1.82) is 0 Å². The molecule has 0 aromatic heterocycles. The number of aryl methyl sites for hydroxylation is 1. The van der Waals surface area contributed by atoms with Crippen LogP contribution in [0.5, 0.6) is 5.75 Å². The first-order valence-electron chi connectivity index (χ1n) is 6.09. The second-order valence-electron chi connectivity index (χ2n) is 4.64. The molecule has 1 atom stereocenters. The molecule has 18 heavy (non-hydrogen) atoms. The number of aliphatic carboxylic acids is 1. The van der Waals surface area contributed by atoms with Gasteiger partial charge in [-0.3, -0.25) is 9.59 Å². The summed E-state index contributed by atoms with van der Waals surface area (Å²) in [6.45, 7) is 1.37. The zero-order valence-corrected chi connectivity index (χ0v) is 10.3. The molecular weight excluding hydrogens is 232 g/mol. The highest BCUT2D eigenvalue weighted by Crippen LogP contribution is 2.35. The van der Waals surface area contributed by atoms with Crippen LogP contribution in [0, 0.1) is 0 Å². The Morgan fingerprint density at radius 2 is 2.22 bits per heavy atom. The maximum Gasteiger partial charge on any atom is 0.308 e. The molecule has 0 fully saturated rings. The normalized spacial score (nSPS) is 17.9. The lowest BCUT2D eigenvalue weighted by molar-refractivity contribution is -0.137. The van der Waals surface area contributed by atoms with Gasteiger partial charge >= 0.3 is 11.9 Å². The number of fused-ring (bicyclic) bond motifs is 1. The van der Waals surface area contributed by atoms with Gasteiger partial charge in [-0.25, -0.2) is 0 Å². The van der Waals surface area contributed by atoms with Crippen molar-refractivity contribution in [3.8, 4) is 5.75 Å². The van der Waals surface area contributed by atoms with E-state index in [4.69, 9.17) is 9.84 Å². The molecule has 0 bridgehead atoms. The first-order chi connectivity index (χ1) is 8.56. The summed E-state index contributed by atoms with van der Waals surface area (Å²) in [6, 6.07) is 5.48. The van der Waals surface area contributed by atoms with E-state index in [0.29, 0.717) is 5.75 Å². The molecule has 0 aliphatic heterocycles. The van der Waals surface area contributed by atoms with Gasteiger partial charge in [-0.1, -0.05) is 6.07 Å². The number of carbonyl (C=O) groups excluding carboxylic acids is 1. The fraction of sp³-hybridized carbons (Fsp3) is 0.429. The van der Waals surface area contributed by atoms with E-state index in [2.05, 4.69) is 0 Å². The van der Waals surface area contributed by atoms with Crippen molar-refractivity contribution in [3.63, 3.8) is 0 Å². The maximum absolute atomic E-state index is 10.9. The van der Waals surface area contributed by atoms with Crippen LogP contribution in [0.3, 0.4) is 0 Å². The number of ether oxygens (including phenoxy) is 1. The maximum atomic E-state index is 10.9. The number of rotatable bonds is 3. The van der Waals surface area contributed by atoms with E-state index in [1.807, 2.05) is 12.1 Å². The predicted molar refractivity (Wildman–Crippen MR) is 65.7 cm³/mol. The Morgan fingerprint density at radius 3 is 2.89 bits per heavy atom. The van der Waals surface area contributed by atoms with Crippen LogP contribution in [0.2, 0.25) is 0 Å². The molecule has 4 nitrogen and oxygen atoms in total. The van der Waals surface area contributed by atoms with E-state index >= 15 is 0 Å². The lowest BCUT2D eigenvalue weighted by Gasteiger charge is -2.24. The molecule has 96 valence electrons. The van der Waals surface area contributed by atoms with E-state index in [0.717, 1.165) is 30.4 Å². The molecule has 1 aromatic rings. The fourth-order valence-electron chi connectivity index (χ4n) is 2.54. The highest BCUT2D eigenvalue weighted by Gasteiger charge is 2.22. The van der Waals surface area contributed by atoms with Gasteiger partial charge in [-0.15, -0.1) is 0 Å². The minimum absolute atomic E-state index is 0.0811. The summed E-state index contributed by atoms with van der Waals surface area (Å²) in [5.74, 6) is -0.486. The van der Waals surface area contributed by atoms with E-state index in [-0.39, 0.29) is 18.3 Å². The molecule has 0 radical (unpaired) electrons. The first-order valence-corrected chi connectivity index (χ1v) is 6.09. The van der Waals surface area contributed by atoms with Crippen molar-refractivity contribution in [2.24, 2.45) is 0 Å². The third-order valence-electron chi connectivity index (χ3n) is 3.24. The fourth-order valence-corrected chi connectivity index (χ4v) is 2.54. The third-order valence-corrected chi connectivity index (χ3v) is 3.24. The molecular formula is C14H16O4. The van der Waals surface area contributed by atoms with Crippen LogP contribution in [0.4, 0.5) is 0 Å². The summed E-state index contributed by atoms with van der Waals surface area (Å²) in [5, 5.41) is 8.90. The first kappa shape index (κ1) is 12.6. The lowest BCUT2D eigenvalue weighted by Crippen LogP contribution is -2.14. The number of hydrogen-bond acceptors (Lipinski definition) is 3. The zero-order valence-electron chi connectivity index (χ0n) is 10.3. The van der Waals surface area contributed by atoms with Gasteiger partial charge < -0.3 is 9.84 Å². The van der Waals surface area contributed by atoms with Crippen molar-refractivity contribution in [3.05, 3.63) is 29.3 Å². The predicted octanol–water partition coefficient (Wildman–Crippen LogP) is 2.51. The summed E-state index contributed by atoms with van der Waals surface area (Å²) < 4.78 is 5.04. The van der Waals surface area contributed by atoms with Gasteiger partial charge in [0.05, 0.1) is 6.42 Å². The van der Waals surface area contributed by atoms with Gasteiger partial charge in [-0.05, 0) is 48.4 Å². The largest absolute Gasteiger partial charge is 0.481 e. The summed E-state index contributed by atoms with van der Waals surface area (Å²) >= 11 is 0. The molecule has 1 aromatic carbocycles. The van der Waals surface area contributed by atoms with E-state index in [1.165, 1.54) is 6.92 Å². The van der Waals surface area contributed by atoms with E-state index in [1.54, 1.807) is 6.07 Å². The monoisotopic (exact) mass is 248 g/mol. The topological polar surface area (TPSA) is 63.6 Å². The van der Waals surface area contributed by atoms with Crippen LogP contribution in [-0.4, -0.2) is 17.0 Å². The van der Waals surface area contributed by atoms with E-state index < -0.39 is 5.97 Å². The number of carbonyl (C=O) groups is 2. The van der Waals surface area contributed by atoms with Crippen molar-refractivity contribution in [2.45, 2.75) is 38.5 Å². The molecule has 2 rings (SSSR count). The van der Waals surface area contributed by atoms with Crippen molar-refractivity contribution < 1.29 is 19.4 Å². The number of carboxylic acid groups (broad SMARTS) is 1. The molecule has 0 saturated heterocycles. The Hall–Kier alpha value is -1.84. The lowest BCUT2D eigenvalue weighted by atomic mass is 9.81. The van der Waals surface area contributed by atoms with Crippen LogP contribution in [0.1, 0.15) is 43.2 Å². The van der Waals surface area contributed by atoms with Crippen LogP contribution in [0.15, 0.2) is 18.2 Å². The molecule has 0 saturated carbocycles. The highest BCUT2D eigenvalue weighted by molar-refractivity contribution is 5.70. The molecule has 0 spiro atoms. The Labute approximate surface area is 106 Å². The second-order valence-corrected chi connectivity index (χ2v) is 4.64. The van der Waals surface area contributed by atoms with Gasteiger partial charge in [0.2, 0.25) is 0 Å². The Balaban J connectivity index is 2.24. The average Bonchev–Trinajstić information content (AvgIpc) is 2.27. The van der Waals surface area contributed by atoms with Gasteiger partial charge in [0.15, 0.2) is 0 Å². The highest BCUT2D eigenvalue weighted by atomic mass is 16.5. The number of hydrogen-bond donors (Lipinski definition) is 1. The number of carboxylic acids is 1. The SMILES string of the molecule is CC(=O)Oc1ccc2c(c1)CCCC2CC(=O)O. The minimum atomic E-state index is -0.767. The summed E-state index contributed by atoms with van der Waals surface area (Å²) in [7, 11) is 0. The quantitative estimate of drug-likeness (QED) is 0.659. The van der Waals surface area contributed by atoms with E-state index in [9.17, 15) is 9.59 Å². The third kappa shape index (κ3) is 2.88. The van der Waals surface area contributed by atoms with Gasteiger partial charge in [0, 0.05) is 6.92 Å². The zero-order chi connectivity index (χ0) is 13.1. The Kier molecular flexibility index (Phi) is 3.65. The summed E-state index contributed by atoms with van der Waals surface area (Å²) in [6.07, 6.45) is 2.97. The molecule has 1 unspecified atom stereocenters. The molecule has 1 aliphatic carbocycles. The average molecular weight is 248 g/mol. The summed E-state index contributed by atoms with van der Waals surface area (Å²) in [4.78, 5) is 21.7. The Morgan fingerprint density at radius 1 is 1.44 bits per heavy atom. The molecule has 1 N–H and O–H groups in total. The second kappa shape index (κ2) is 5.21. The smallest absolute Gasteiger partial charge is 0.308 e. The minimum Gasteiger partial charge on any atom is -0.481 e. The van der Waals surface area contributed by atoms with Gasteiger partial charge in [0.1, 0.15) is 5.75 Å². The standard InChI is InChI=1S/C14H16O4/c1-9(15)18-12-5-6-13-10(7-12)3-2-4-11(13)8-14(16)17/h5-7,11H,2-4,8H2,1H3,(H,16,17). The Bertz CT molecular complexity index is 479. The molecule has 4 heteroatoms. The van der Waals surface area contributed by atoms with Crippen molar-refractivity contribution >= 4 is 11.9 Å². The van der Waals surface area contributed by atoms with Gasteiger partial charge in [-0.2, -0.15) is 0 Å². The van der Waals surface area contributed by atoms with Crippen LogP contribution < -0.4 is 4.74 Å². The van der Waals surface area contributed by atoms with Crippen LogP contribution >= 0.6 is 0 Å².